The van der Waals surface area contributed by atoms with Crippen molar-refractivity contribution in [2.24, 2.45) is 0 Å². The van der Waals surface area contributed by atoms with Crippen molar-refractivity contribution < 1.29 is 9.53 Å². The van der Waals surface area contributed by atoms with Gasteiger partial charge in [0.2, 0.25) is 0 Å². The third kappa shape index (κ3) is 3.92. The van der Waals surface area contributed by atoms with Gasteiger partial charge >= 0.3 is 0 Å². The van der Waals surface area contributed by atoms with Crippen LogP contribution in [-0.4, -0.2) is 13.4 Å². The number of methoxy groups -OCH3 is 1. The van der Waals surface area contributed by atoms with E-state index in [1.54, 1.807) is 18.2 Å². The zero-order chi connectivity index (χ0) is 19.2. The lowest BCUT2D eigenvalue weighted by Crippen LogP contribution is -1.92. The third-order valence-corrected chi connectivity index (χ3v) is 4.52. The zero-order valence-electron chi connectivity index (χ0n) is 14.6. The van der Waals surface area contributed by atoms with Crippen molar-refractivity contribution in [3.05, 3.63) is 87.9 Å². The van der Waals surface area contributed by atoms with Gasteiger partial charge in [0.25, 0.3) is 0 Å². The maximum atomic E-state index is 11.4. The number of nitriles is 1. The van der Waals surface area contributed by atoms with Gasteiger partial charge in [0, 0.05) is 11.1 Å². The number of ether oxygens (including phenoxy) is 1. The first-order valence-corrected chi connectivity index (χ1v) is 8.65. The summed E-state index contributed by atoms with van der Waals surface area (Å²) in [5.41, 5.74) is 4.31. The standard InChI is InChI=1S/C23H16ClNO2/c1-27-23-13-18(19(15-26)12-22(23)24)11-10-17-8-5-9-20(21(17)14-25)16-6-3-2-4-7-16/h2-13,15H,1H3/b11-10+. The minimum atomic E-state index is 0.375. The molecule has 0 fully saturated rings. The number of hydrogen-bond donors (Lipinski definition) is 0. The number of carbonyl (C=O) groups excluding carboxylic acids is 1. The summed E-state index contributed by atoms with van der Waals surface area (Å²) in [6.07, 6.45) is 4.35. The highest BCUT2D eigenvalue weighted by atomic mass is 35.5. The predicted octanol–water partition coefficient (Wildman–Crippen LogP) is 5.87. The van der Waals surface area contributed by atoms with Crippen LogP contribution < -0.4 is 4.74 Å². The molecular formula is C23H16ClNO2. The van der Waals surface area contributed by atoms with Crippen LogP contribution in [-0.2, 0) is 0 Å². The molecule has 0 unspecified atom stereocenters. The van der Waals surface area contributed by atoms with Crippen molar-refractivity contribution in [3.8, 4) is 22.9 Å². The Morgan fingerprint density at radius 1 is 0.963 bits per heavy atom. The van der Waals surface area contributed by atoms with Gasteiger partial charge in [0.15, 0.2) is 6.29 Å². The molecule has 3 nitrogen and oxygen atoms in total. The first-order chi connectivity index (χ1) is 13.2. The Hall–Kier alpha value is -3.35. The van der Waals surface area contributed by atoms with Crippen LogP contribution in [0.2, 0.25) is 5.02 Å². The summed E-state index contributed by atoms with van der Waals surface area (Å²) in [5, 5.41) is 10.1. The SMILES string of the molecule is COc1cc(/C=C/c2cccc(-c3ccccc3)c2C#N)c(C=O)cc1Cl. The van der Waals surface area contributed by atoms with Gasteiger partial charge in [-0.25, -0.2) is 0 Å². The predicted molar refractivity (Wildman–Crippen MR) is 109 cm³/mol. The lowest BCUT2D eigenvalue weighted by Gasteiger charge is -2.08. The summed E-state index contributed by atoms with van der Waals surface area (Å²) >= 11 is 6.08. The molecule has 0 aromatic heterocycles. The molecule has 0 N–H and O–H groups in total. The summed E-state index contributed by atoms with van der Waals surface area (Å²) in [4.78, 5) is 11.4. The lowest BCUT2D eigenvalue weighted by atomic mass is 9.95. The second-order valence-corrected chi connectivity index (χ2v) is 6.22. The van der Waals surface area contributed by atoms with E-state index in [9.17, 15) is 10.1 Å². The van der Waals surface area contributed by atoms with E-state index in [0.29, 0.717) is 27.5 Å². The van der Waals surface area contributed by atoms with Crippen LogP contribution in [0.5, 0.6) is 5.75 Å². The Balaban J connectivity index is 2.07. The van der Waals surface area contributed by atoms with E-state index in [2.05, 4.69) is 6.07 Å². The Kier molecular flexibility index (Phi) is 5.71. The second kappa shape index (κ2) is 8.35. The Labute approximate surface area is 163 Å². The highest BCUT2D eigenvalue weighted by Crippen LogP contribution is 2.30. The van der Waals surface area contributed by atoms with E-state index in [-0.39, 0.29) is 0 Å². The minimum Gasteiger partial charge on any atom is -0.495 e. The molecule has 0 saturated carbocycles. The molecule has 3 aromatic carbocycles. The van der Waals surface area contributed by atoms with Crippen molar-refractivity contribution in [3.63, 3.8) is 0 Å². The smallest absolute Gasteiger partial charge is 0.150 e. The normalized spacial score (nSPS) is 10.6. The van der Waals surface area contributed by atoms with Gasteiger partial charge in [-0.1, -0.05) is 72.3 Å². The van der Waals surface area contributed by atoms with Gasteiger partial charge in [-0.05, 0) is 28.8 Å². The highest BCUT2D eigenvalue weighted by molar-refractivity contribution is 6.32. The molecule has 0 bridgehead atoms. The molecule has 3 rings (SSSR count). The first-order valence-electron chi connectivity index (χ1n) is 8.27. The maximum Gasteiger partial charge on any atom is 0.150 e. The molecule has 0 atom stereocenters. The number of nitrogens with zero attached hydrogens (tertiary/aromatic N) is 1. The zero-order valence-corrected chi connectivity index (χ0v) is 15.4. The molecule has 0 spiro atoms. The van der Waals surface area contributed by atoms with Crippen LogP contribution in [0.25, 0.3) is 23.3 Å². The summed E-state index contributed by atoms with van der Waals surface area (Å²) in [7, 11) is 1.52. The second-order valence-electron chi connectivity index (χ2n) is 5.81. The Bertz CT molecular complexity index is 1050. The van der Waals surface area contributed by atoms with E-state index in [1.807, 2.05) is 54.6 Å². The van der Waals surface area contributed by atoms with Crippen molar-refractivity contribution >= 4 is 30.0 Å². The van der Waals surface area contributed by atoms with Gasteiger partial charge in [0.05, 0.1) is 17.7 Å². The molecule has 0 saturated heterocycles. The van der Waals surface area contributed by atoms with Crippen molar-refractivity contribution in [2.75, 3.05) is 7.11 Å². The molecule has 27 heavy (non-hydrogen) atoms. The topological polar surface area (TPSA) is 50.1 Å². The number of hydrogen-bond acceptors (Lipinski definition) is 3. The van der Waals surface area contributed by atoms with E-state index in [0.717, 1.165) is 23.0 Å². The molecule has 0 aliphatic carbocycles. The van der Waals surface area contributed by atoms with Gasteiger partial charge in [-0.15, -0.1) is 0 Å². The number of aldehydes is 1. The molecule has 0 aliphatic rings. The fourth-order valence-electron chi connectivity index (χ4n) is 2.86. The van der Waals surface area contributed by atoms with Crippen LogP contribution in [0.15, 0.2) is 60.7 Å². The molecule has 0 amide bonds. The van der Waals surface area contributed by atoms with Crippen LogP contribution >= 0.6 is 11.6 Å². The first kappa shape index (κ1) is 18.4. The fourth-order valence-corrected chi connectivity index (χ4v) is 3.11. The summed E-state index contributed by atoms with van der Waals surface area (Å²) in [6, 6.07) is 21.0. The Morgan fingerprint density at radius 3 is 2.37 bits per heavy atom. The molecule has 3 aromatic rings. The van der Waals surface area contributed by atoms with Crippen molar-refractivity contribution in [1.29, 1.82) is 5.26 Å². The summed E-state index contributed by atoms with van der Waals surface area (Å²) in [6.45, 7) is 0. The van der Waals surface area contributed by atoms with Crippen molar-refractivity contribution in [1.82, 2.24) is 0 Å². The fraction of sp³-hybridized carbons (Fsp3) is 0.0435. The Morgan fingerprint density at radius 2 is 1.70 bits per heavy atom. The van der Waals surface area contributed by atoms with Crippen LogP contribution in [0.3, 0.4) is 0 Å². The van der Waals surface area contributed by atoms with Gasteiger partial charge in [0.1, 0.15) is 11.8 Å². The van der Waals surface area contributed by atoms with Gasteiger partial charge in [-0.3, -0.25) is 4.79 Å². The van der Waals surface area contributed by atoms with E-state index in [1.165, 1.54) is 7.11 Å². The average Bonchev–Trinajstić information content (AvgIpc) is 2.72. The highest BCUT2D eigenvalue weighted by Gasteiger charge is 2.10. The number of halogens is 1. The average molecular weight is 374 g/mol. The monoisotopic (exact) mass is 373 g/mol. The number of benzene rings is 3. The maximum absolute atomic E-state index is 11.4. The molecule has 0 heterocycles. The number of carbonyl (C=O) groups is 1. The summed E-state index contributed by atoms with van der Waals surface area (Å²) < 4.78 is 5.22. The molecular weight excluding hydrogens is 358 g/mol. The van der Waals surface area contributed by atoms with Gasteiger partial charge in [-0.2, -0.15) is 5.26 Å². The van der Waals surface area contributed by atoms with Crippen LogP contribution in [0, 0.1) is 11.3 Å². The van der Waals surface area contributed by atoms with E-state index < -0.39 is 0 Å². The molecule has 0 aliphatic heterocycles. The minimum absolute atomic E-state index is 0.375. The van der Waals surface area contributed by atoms with E-state index in [4.69, 9.17) is 16.3 Å². The molecule has 0 radical (unpaired) electrons. The quantitative estimate of drug-likeness (QED) is 0.415. The third-order valence-electron chi connectivity index (χ3n) is 4.22. The lowest BCUT2D eigenvalue weighted by molar-refractivity contribution is 0.112. The number of rotatable bonds is 5. The van der Waals surface area contributed by atoms with Gasteiger partial charge < -0.3 is 4.74 Å². The summed E-state index contributed by atoms with van der Waals surface area (Å²) in [5.74, 6) is 0.487. The molecule has 4 heteroatoms. The van der Waals surface area contributed by atoms with E-state index >= 15 is 0 Å². The van der Waals surface area contributed by atoms with Crippen LogP contribution in [0.1, 0.15) is 27.0 Å². The van der Waals surface area contributed by atoms with Crippen LogP contribution in [0.4, 0.5) is 0 Å². The van der Waals surface area contributed by atoms with Crippen molar-refractivity contribution in [2.45, 2.75) is 0 Å². The molecule has 132 valence electrons. The largest absolute Gasteiger partial charge is 0.495 e.